The molecule has 0 radical (unpaired) electrons. The number of amides is 2. The zero-order chi connectivity index (χ0) is 42.4. The van der Waals surface area contributed by atoms with Crippen molar-refractivity contribution in [2.45, 2.75) is 89.9 Å². The zero-order valence-electron chi connectivity index (χ0n) is 30.2. The van der Waals surface area contributed by atoms with Gasteiger partial charge >= 0.3 is 24.3 Å². The van der Waals surface area contributed by atoms with E-state index in [1.54, 1.807) is 42.5 Å². The van der Waals surface area contributed by atoms with Gasteiger partial charge in [0.1, 0.15) is 12.4 Å². The Morgan fingerprint density at radius 3 is 1.93 bits per heavy atom. The van der Waals surface area contributed by atoms with Crippen LogP contribution in [0.2, 0.25) is 0 Å². The molecule has 1 aliphatic carbocycles. The van der Waals surface area contributed by atoms with Crippen molar-refractivity contribution in [2.75, 3.05) is 11.1 Å². The average molecular weight is 801 g/mol. The number of carboxylic acids is 2. The van der Waals surface area contributed by atoms with Gasteiger partial charge in [-0.05, 0) is 50.5 Å². The molecule has 0 atom stereocenters. The smallest absolute Gasteiger partial charge is 0.475 e. The fourth-order valence-electron chi connectivity index (χ4n) is 5.07. The number of halogens is 6. The first-order chi connectivity index (χ1) is 26.0. The molecular formula is C35H42F6N8O7. The van der Waals surface area contributed by atoms with Crippen molar-refractivity contribution in [2.24, 2.45) is 5.73 Å². The van der Waals surface area contributed by atoms with Crippen molar-refractivity contribution < 1.29 is 55.7 Å². The number of hydrogen-bond donors (Lipinski definition) is 8. The van der Waals surface area contributed by atoms with Gasteiger partial charge in [0.25, 0.3) is 11.5 Å². The largest absolute Gasteiger partial charge is 0.490 e. The molecule has 21 heteroatoms. The minimum Gasteiger partial charge on any atom is -0.475 e. The van der Waals surface area contributed by atoms with E-state index in [0.29, 0.717) is 28.1 Å². The van der Waals surface area contributed by atoms with E-state index in [2.05, 4.69) is 20.9 Å². The summed E-state index contributed by atoms with van der Waals surface area (Å²) in [5.74, 6) is -6.03. The van der Waals surface area contributed by atoms with Gasteiger partial charge in [0.2, 0.25) is 5.91 Å². The number of carbonyl (C=O) groups excluding carboxylic acids is 2. The van der Waals surface area contributed by atoms with Crippen LogP contribution in [0, 0.1) is 5.41 Å². The van der Waals surface area contributed by atoms with E-state index >= 15 is 0 Å². The van der Waals surface area contributed by atoms with Gasteiger partial charge in [-0.1, -0.05) is 49.9 Å². The second-order valence-corrected chi connectivity index (χ2v) is 12.7. The van der Waals surface area contributed by atoms with E-state index in [1.807, 2.05) is 13.8 Å². The SMILES string of the molecule is CC(C)Nc1ncc(-c2cc(N)cc(C(=O)NC3CCCCCC3)c2)n(CC(=O)NCc2ccc(C(=N)N)cc2)c1=O.O=C(O)C(F)(F)F.O=C(O)C(F)(F)F. The number of amidine groups is 1. The molecule has 4 rings (SSSR count). The summed E-state index contributed by atoms with van der Waals surface area (Å²) < 4.78 is 64.8. The molecule has 56 heavy (non-hydrogen) atoms. The monoisotopic (exact) mass is 800 g/mol. The number of alkyl halides is 6. The first kappa shape index (κ1) is 46.0. The Labute approximate surface area is 316 Å². The van der Waals surface area contributed by atoms with Crippen LogP contribution in [0.15, 0.2) is 53.5 Å². The summed E-state index contributed by atoms with van der Waals surface area (Å²) in [6.07, 6.45) is -2.21. The van der Waals surface area contributed by atoms with E-state index in [1.165, 1.54) is 23.6 Å². The fraction of sp³-hybridized carbons (Fsp3) is 0.400. The number of nitrogens with two attached hydrogens (primary N) is 2. The molecule has 1 aromatic heterocycles. The molecule has 15 nitrogen and oxygen atoms in total. The molecule has 0 bridgehead atoms. The Hall–Kier alpha value is -6.15. The molecule has 1 fully saturated rings. The third kappa shape index (κ3) is 15.3. The molecule has 3 aromatic rings. The van der Waals surface area contributed by atoms with Crippen molar-refractivity contribution >= 4 is 41.1 Å². The number of aliphatic carboxylic acids is 2. The molecular weight excluding hydrogens is 758 g/mol. The maximum Gasteiger partial charge on any atom is 0.490 e. The lowest BCUT2D eigenvalue weighted by Gasteiger charge is -2.18. The molecule has 1 heterocycles. The number of aromatic nitrogens is 2. The predicted molar refractivity (Wildman–Crippen MR) is 193 cm³/mol. The second-order valence-electron chi connectivity index (χ2n) is 12.7. The molecule has 1 aliphatic rings. The molecule has 2 aromatic carbocycles. The highest BCUT2D eigenvalue weighted by atomic mass is 19.4. The maximum absolute atomic E-state index is 13.5. The van der Waals surface area contributed by atoms with Crippen LogP contribution in [-0.4, -0.2) is 73.8 Å². The Kier molecular flexibility index (Phi) is 16.8. The average Bonchev–Trinajstić information content (AvgIpc) is 3.37. The van der Waals surface area contributed by atoms with Crippen molar-refractivity contribution in [1.29, 1.82) is 5.41 Å². The highest BCUT2D eigenvalue weighted by Gasteiger charge is 2.39. The van der Waals surface area contributed by atoms with Gasteiger partial charge in [0.05, 0.1) is 11.9 Å². The van der Waals surface area contributed by atoms with E-state index in [-0.39, 0.29) is 48.6 Å². The van der Waals surface area contributed by atoms with Crippen LogP contribution in [0.4, 0.5) is 37.8 Å². The van der Waals surface area contributed by atoms with Crippen molar-refractivity contribution in [3.63, 3.8) is 0 Å². The number of nitrogens with zero attached hydrogens (tertiary/aromatic N) is 2. The Bertz CT molecular complexity index is 1880. The third-order valence-corrected chi connectivity index (χ3v) is 7.72. The van der Waals surface area contributed by atoms with E-state index in [9.17, 15) is 40.7 Å². The quantitative estimate of drug-likeness (QED) is 0.0461. The minimum absolute atomic E-state index is 0.0346. The van der Waals surface area contributed by atoms with Gasteiger partial charge in [-0.2, -0.15) is 26.3 Å². The molecule has 2 amide bonds. The minimum atomic E-state index is -5.08. The van der Waals surface area contributed by atoms with E-state index < -0.39 is 29.9 Å². The van der Waals surface area contributed by atoms with Crippen molar-refractivity contribution in [3.8, 4) is 11.3 Å². The van der Waals surface area contributed by atoms with Gasteiger partial charge in [-0.25, -0.2) is 14.6 Å². The van der Waals surface area contributed by atoms with Crippen LogP contribution in [-0.2, 0) is 27.5 Å². The number of benzene rings is 2. The third-order valence-electron chi connectivity index (χ3n) is 7.72. The van der Waals surface area contributed by atoms with Crippen LogP contribution >= 0.6 is 0 Å². The Balaban J connectivity index is 0.000000657. The lowest BCUT2D eigenvalue weighted by atomic mass is 10.0. The van der Waals surface area contributed by atoms with Crippen LogP contribution in [0.5, 0.6) is 0 Å². The number of hydrogen-bond acceptors (Lipinski definition) is 9. The Morgan fingerprint density at radius 1 is 0.911 bits per heavy atom. The fourth-order valence-corrected chi connectivity index (χ4v) is 5.07. The Morgan fingerprint density at radius 2 is 1.45 bits per heavy atom. The molecule has 0 saturated heterocycles. The van der Waals surface area contributed by atoms with Crippen LogP contribution in [0.3, 0.4) is 0 Å². The van der Waals surface area contributed by atoms with Gasteiger partial charge < -0.3 is 37.6 Å². The van der Waals surface area contributed by atoms with E-state index in [4.69, 9.17) is 36.7 Å². The standard InChI is InChI=1S/C31H40N8O3.2C2HF3O2/c1-19(2)37-29-31(42)39(18-27(40)35-16-20-9-11-21(12-10-20)28(33)34)26(17-36-29)22-13-23(15-24(32)14-22)30(41)38-25-7-5-3-4-6-8-25;2*3-2(4,5)1(6)7/h9-15,17,19,25H,3-8,16,18,32H2,1-2H3,(H3,33,34)(H,35,40)(H,36,37)(H,38,41);2*(H,6,7). The number of nitrogen functional groups attached to an aromatic ring is 2. The first-order valence-corrected chi connectivity index (χ1v) is 16.9. The number of carboxylic acid groups (broad SMARTS) is 2. The summed E-state index contributed by atoms with van der Waals surface area (Å²) in [6, 6.07) is 12.0. The van der Waals surface area contributed by atoms with Gasteiger partial charge in [-0.3, -0.25) is 24.4 Å². The summed E-state index contributed by atoms with van der Waals surface area (Å²) in [5.41, 5.74) is 14.3. The maximum atomic E-state index is 13.5. The highest BCUT2D eigenvalue weighted by Crippen LogP contribution is 2.25. The molecule has 0 spiro atoms. The molecule has 1 saturated carbocycles. The van der Waals surface area contributed by atoms with Gasteiger partial charge in [0.15, 0.2) is 5.82 Å². The number of anilines is 2. The van der Waals surface area contributed by atoms with Crippen LogP contribution < -0.4 is 33.0 Å². The lowest BCUT2D eigenvalue weighted by Crippen LogP contribution is -2.35. The predicted octanol–water partition coefficient (Wildman–Crippen LogP) is 4.63. The summed E-state index contributed by atoms with van der Waals surface area (Å²) >= 11 is 0. The zero-order valence-corrected chi connectivity index (χ0v) is 30.2. The number of carbonyl (C=O) groups is 4. The summed E-state index contributed by atoms with van der Waals surface area (Å²) in [6.45, 7) is 3.74. The molecule has 0 aliphatic heterocycles. The van der Waals surface area contributed by atoms with Crippen LogP contribution in [0.1, 0.15) is 73.9 Å². The number of rotatable bonds is 10. The number of nitrogens with one attached hydrogen (secondary N) is 4. The molecule has 0 unspecified atom stereocenters. The lowest BCUT2D eigenvalue weighted by molar-refractivity contribution is -0.193. The second kappa shape index (κ2) is 20.5. The van der Waals surface area contributed by atoms with Gasteiger partial charge in [-0.15, -0.1) is 0 Å². The highest BCUT2D eigenvalue weighted by molar-refractivity contribution is 5.97. The first-order valence-electron chi connectivity index (χ1n) is 16.9. The summed E-state index contributed by atoms with van der Waals surface area (Å²) in [7, 11) is 0. The summed E-state index contributed by atoms with van der Waals surface area (Å²) in [5, 5.41) is 30.8. The van der Waals surface area contributed by atoms with E-state index in [0.717, 1.165) is 31.2 Å². The van der Waals surface area contributed by atoms with Crippen molar-refractivity contribution in [3.05, 3.63) is 75.7 Å². The van der Waals surface area contributed by atoms with Crippen LogP contribution in [0.25, 0.3) is 11.3 Å². The van der Waals surface area contributed by atoms with Gasteiger partial charge in [0, 0.05) is 41.0 Å². The molecule has 306 valence electrons. The van der Waals surface area contributed by atoms with Crippen molar-refractivity contribution in [1.82, 2.24) is 20.2 Å². The normalized spacial score (nSPS) is 13.2. The molecule has 10 N–H and O–H groups in total. The summed E-state index contributed by atoms with van der Waals surface area (Å²) in [4.78, 5) is 61.9. The topological polar surface area (TPSA) is 256 Å².